The van der Waals surface area contributed by atoms with Crippen LogP contribution in [0.1, 0.15) is 29.0 Å². The number of benzene rings is 1. The van der Waals surface area contributed by atoms with Gasteiger partial charge in [-0.05, 0) is 43.8 Å². The molecule has 0 aliphatic rings. The van der Waals surface area contributed by atoms with Crippen molar-refractivity contribution in [3.8, 4) is 5.75 Å². The third-order valence-corrected chi connectivity index (χ3v) is 4.44. The maximum atomic E-state index is 11.8. The molecule has 0 fully saturated rings. The molecule has 6 heteroatoms. The Morgan fingerprint density at radius 3 is 2.67 bits per heavy atom. The van der Waals surface area contributed by atoms with Crippen molar-refractivity contribution in [1.82, 2.24) is 5.32 Å². The Morgan fingerprint density at radius 1 is 1.21 bits per heavy atom. The van der Waals surface area contributed by atoms with Crippen molar-refractivity contribution < 1.29 is 19.1 Å². The van der Waals surface area contributed by atoms with Gasteiger partial charge in [0.15, 0.2) is 13.2 Å². The number of thiophene rings is 1. The average molecular weight is 347 g/mol. The zero-order valence-electron chi connectivity index (χ0n) is 14.0. The normalized spacial score (nSPS) is 11.6. The summed E-state index contributed by atoms with van der Waals surface area (Å²) in [7, 11) is 0. The maximum absolute atomic E-state index is 11.8. The highest BCUT2D eigenvalue weighted by Crippen LogP contribution is 2.19. The van der Waals surface area contributed by atoms with Crippen molar-refractivity contribution in [2.24, 2.45) is 0 Å². The number of esters is 1. The Labute approximate surface area is 145 Å². The van der Waals surface area contributed by atoms with Gasteiger partial charge in [0.05, 0.1) is 6.04 Å². The summed E-state index contributed by atoms with van der Waals surface area (Å²) in [6.45, 7) is 5.24. The number of carbonyl (C=O) groups excluding carboxylic acids is 2. The third-order valence-electron chi connectivity index (χ3n) is 3.39. The SMILES string of the molecule is Cc1ccc(OCC(=O)OCC(=O)N[C@@H](C)c2cccs2)c(C)c1. The standard InChI is InChI=1S/C18H21NO4S/c1-12-6-7-15(13(2)9-12)22-11-18(21)23-10-17(20)19-14(3)16-5-4-8-24-16/h4-9,14H,10-11H2,1-3H3,(H,19,20)/t14-/m0/s1. The van der Waals surface area contributed by atoms with Crippen molar-refractivity contribution in [2.75, 3.05) is 13.2 Å². The highest BCUT2D eigenvalue weighted by molar-refractivity contribution is 7.10. The molecule has 1 N–H and O–H groups in total. The van der Waals surface area contributed by atoms with Crippen LogP contribution < -0.4 is 10.1 Å². The maximum Gasteiger partial charge on any atom is 0.344 e. The van der Waals surface area contributed by atoms with Gasteiger partial charge in [-0.1, -0.05) is 23.8 Å². The first-order valence-electron chi connectivity index (χ1n) is 7.64. The van der Waals surface area contributed by atoms with Crippen LogP contribution >= 0.6 is 11.3 Å². The molecule has 0 saturated heterocycles. The Bertz CT molecular complexity index is 697. The van der Waals surface area contributed by atoms with Gasteiger partial charge in [-0.25, -0.2) is 4.79 Å². The fourth-order valence-corrected chi connectivity index (χ4v) is 2.91. The molecule has 0 radical (unpaired) electrons. The van der Waals surface area contributed by atoms with Gasteiger partial charge in [0.25, 0.3) is 5.91 Å². The summed E-state index contributed by atoms with van der Waals surface area (Å²) >= 11 is 1.56. The van der Waals surface area contributed by atoms with E-state index in [0.29, 0.717) is 5.75 Å². The summed E-state index contributed by atoms with van der Waals surface area (Å²) in [4.78, 5) is 24.5. The van der Waals surface area contributed by atoms with E-state index >= 15 is 0 Å². The minimum atomic E-state index is -0.575. The van der Waals surface area contributed by atoms with Crippen LogP contribution in [0.4, 0.5) is 0 Å². The minimum Gasteiger partial charge on any atom is -0.482 e. The highest BCUT2D eigenvalue weighted by atomic mass is 32.1. The first kappa shape index (κ1) is 18.0. The highest BCUT2D eigenvalue weighted by Gasteiger charge is 2.13. The van der Waals surface area contributed by atoms with Crippen LogP contribution in [-0.4, -0.2) is 25.1 Å². The molecule has 0 saturated carbocycles. The van der Waals surface area contributed by atoms with Crippen molar-refractivity contribution in [3.05, 3.63) is 51.7 Å². The first-order chi connectivity index (χ1) is 11.5. The van der Waals surface area contributed by atoms with E-state index in [2.05, 4.69) is 5.32 Å². The fourth-order valence-electron chi connectivity index (χ4n) is 2.18. The van der Waals surface area contributed by atoms with Crippen molar-refractivity contribution >= 4 is 23.2 Å². The topological polar surface area (TPSA) is 64.6 Å². The predicted octanol–water partition coefficient (Wildman–Crippen LogP) is 3.16. The molecule has 1 heterocycles. The third kappa shape index (κ3) is 5.38. The summed E-state index contributed by atoms with van der Waals surface area (Å²) in [5.41, 5.74) is 2.07. The van der Waals surface area contributed by atoms with E-state index < -0.39 is 5.97 Å². The van der Waals surface area contributed by atoms with E-state index in [-0.39, 0.29) is 25.2 Å². The summed E-state index contributed by atoms with van der Waals surface area (Å²) in [5.74, 6) is -0.280. The summed E-state index contributed by atoms with van der Waals surface area (Å²) < 4.78 is 10.4. The molecule has 1 amide bonds. The Hall–Kier alpha value is -2.34. The number of aryl methyl sites for hydroxylation is 2. The second-order valence-corrected chi connectivity index (χ2v) is 6.50. The molecule has 0 aliphatic carbocycles. The monoisotopic (exact) mass is 347 g/mol. The lowest BCUT2D eigenvalue weighted by Crippen LogP contribution is -2.31. The first-order valence-corrected chi connectivity index (χ1v) is 8.52. The molecule has 2 aromatic rings. The average Bonchev–Trinajstić information content (AvgIpc) is 3.06. The van der Waals surface area contributed by atoms with Gasteiger partial charge in [-0.3, -0.25) is 4.79 Å². The second kappa shape index (κ2) is 8.49. The van der Waals surface area contributed by atoms with Crippen LogP contribution in [0.15, 0.2) is 35.7 Å². The smallest absolute Gasteiger partial charge is 0.344 e. The molecule has 0 aliphatic heterocycles. The van der Waals surface area contributed by atoms with Crippen LogP contribution in [0.3, 0.4) is 0 Å². The van der Waals surface area contributed by atoms with E-state index in [4.69, 9.17) is 9.47 Å². The number of hydrogen-bond acceptors (Lipinski definition) is 5. The van der Waals surface area contributed by atoms with Crippen molar-refractivity contribution in [1.29, 1.82) is 0 Å². The number of rotatable bonds is 7. The zero-order chi connectivity index (χ0) is 17.5. The van der Waals surface area contributed by atoms with Gasteiger partial charge in [0.1, 0.15) is 5.75 Å². The van der Waals surface area contributed by atoms with Gasteiger partial charge in [0, 0.05) is 4.88 Å². The van der Waals surface area contributed by atoms with Gasteiger partial charge in [0.2, 0.25) is 0 Å². The molecular formula is C18H21NO4S. The summed E-state index contributed by atoms with van der Waals surface area (Å²) in [6.07, 6.45) is 0. The number of hydrogen-bond donors (Lipinski definition) is 1. The molecule has 0 spiro atoms. The number of nitrogens with one attached hydrogen (secondary N) is 1. The van der Waals surface area contributed by atoms with Gasteiger partial charge in [-0.15, -0.1) is 11.3 Å². The van der Waals surface area contributed by atoms with E-state index in [9.17, 15) is 9.59 Å². The molecule has 0 unspecified atom stereocenters. The van der Waals surface area contributed by atoms with Gasteiger partial charge >= 0.3 is 5.97 Å². The van der Waals surface area contributed by atoms with Crippen LogP contribution in [-0.2, 0) is 14.3 Å². The lowest BCUT2D eigenvalue weighted by molar-refractivity contribution is -0.150. The van der Waals surface area contributed by atoms with E-state index in [1.807, 2.05) is 56.5 Å². The van der Waals surface area contributed by atoms with Crippen LogP contribution in [0.25, 0.3) is 0 Å². The van der Waals surface area contributed by atoms with Crippen LogP contribution in [0.5, 0.6) is 5.75 Å². The Balaban J connectivity index is 1.71. The molecule has 24 heavy (non-hydrogen) atoms. The number of carbonyl (C=O) groups is 2. The van der Waals surface area contributed by atoms with Crippen LogP contribution in [0, 0.1) is 13.8 Å². The molecule has 5 nitrogen and oxygen atoms in total. The predicted molar refractivity (Wildman–Crippen MR) is 93.2 cm³/mol. The number of amides is 1. The second-order valence-electron chi connectivity index (χ2n) is 5.52. The molecule has 2 rings (SSSR count). The Kier molecular flexibility index (Phi) is 6.37. The van der Waals surface area contributed by atoms with Crippen LogP contribution in [0.2, 0.25) is 0 Å². The van der Waals surface area contributed by atoms with E-state index in [0.717, 1.165) is 16.0 Å². The molecule has 1 aromatic carbocycles. The number of ether oxygens (including phenoxy) is 2. The van der Waals surface area contributed by atoms with Gasteiger partial charge in [-0.2, -0.15) is 0 Å². The lowest BCUT2D eigenvalue weighted by Gasteiger charge is -2.13. The van der Waals surface area contributed by atoms with Crippen molar-refractivity contribution in [3.63, 3.8) is 0 Å². The summed E-state index contributed by atoms with van der Waals surface area (Å²) in [5, 5.41) is 4.73. The van der Waals surface area contributed by atoms with E-state index in [1.165, 1.54) is 0 Å². The largest absolute Gasteiger partial charge is 0.482 e. The quantitative estimate of drug-likeness (QED) is 0.782. The lowest BCUT2D eigenvalue weighted by atomic mass is 10.1. The molecular weight excluding hydrogens is 326 g/mol. The van der Waals surface area contributed by atoms with Gasteiger partial charge < -0.3 is 14.8 Å². The van der Waals surface area contributed by atoms with Crippen molar-refractivity contribution in [2.45, 2.75) is 26.8 Å². The molecule has 1 atom stereocenters. The summed E-state index contributed by atoms with van der Waals surface area (Å²) in [6, 6.07) is 9.45. The molecule has 0 bridgehead atoms. The fraction of sp³-hybridized carbons (Fsp3) is 0.333. The minimum absolute atomic E-state index is 0.109. The molecule has 128 valence electrons. The van der Waals surface area contributed by atoms with E-state index in [1.54, 1.807) is 11.3 Å². The molecule has 1 aromatic heterocycles. The Morgan fingerprint density at radius 2 is 2.00 bits per heavy atom. The zero-order valence-corrected chi connectivity index (χ0v) is 14.8.